The van der Waals surface area contributed by atoms with Gasteiger partial charge in [0.1, 0.15) is 0 Å². The zero-order valence-corrected chi connectivity index (χ0v) is 12.6. The van der Waals surface area contributed by atoms with Crippen LogP contribution in [0.15, 0.2) is 4.52 Å². The topological polar surface area (TPSA) is 94.3 Å². The van der Waals surface area contributed by atoms with Crippen molar-refractivity contribution in [2.45, 2.75) is 31.7 Å². The van der Waals surface area contributed by atoms with Crippen LogP contribution >= 0.6 is 0 Å². The highest BCUT2D eigenvalue weighted by Gasteiger charge is 2.32. The van der Waals surface area contributed by atoms with Gasteiger partial charge in [-0.3, -0.25) is 0 Å². The summed E-state index contributed by atoms with van der Waals surface area (Å²) in [6, 6.07) is 0.116. The SMILES string of the molecule is CCNC(COC)Cc1nc(C2CCS(=O)(=O)C2)no1. The number of methoxy groups -OCH3 is 1. The lowest BCUT2D eigenvalue weighted by atomic mass is 10.1. The first kappa shape index (κ1) is 15.4. The van der Waals surface area contributed by atoms with Crippen LogP contribution in [0, 0.1) is 0 Å². The van der Waals surface area contributed by atoms with E-state index in [0.717, 1.165) is 6.54 Å². The smallest absolute Gasteiger partial charge is 0.228 e. The highest BCUT2D eigenvalue weighted by atomic mass is 32.2. The van der Waals surface area contributed by atoms with Crippen molar-refractivity contribution in [3.05, 3.63) is 11.7 Å². The molecule has 1 aromatic heterocycles. The molecule has 2 rings (SSSR count). The van der Waals surface area contributed by atoms with Gasteiger partial charge >= 0.3 is 0 Å². The van der Waals surface area contributed by atoms with Crippen LogP contribution < -0.4 is 5.32 Å². The lowest BCUT2D eigenvalue weighted by Crippen LogP contribution is -2.35. The molecular weight excluding hydrogens is 282 g/mol. The highest BCUT2D eigenvalue weighted by molar-refractivity contribution is 7.91. The van der Waals surface area contributed by atoms with Gasteiger partial charge in [-0.15, -0.1) is 0 Å². The molecule has 1 fully saturated rings. The molecule has 0 aromatic carbocycles. The lowest BCUT2D eigenvalue weighted by Gasteiger charge is -2.14. The molecule has 114 valence electrons. The first-order valence-electron chi connectivity index (χ1n) is 6.79. The number of aromatic nitrogens is 2. The van der Waals surface area contributed by atoms with E-state index in [-0.39, 0.29) is 23.5 Å². The maximum absolute atomic E-state index is 11.5. The van der Waals surface area contributed by atoms with Crippen molar-refractivity contribution in [2.24, 2.45) is 0 Å². The third kappa shape index (κ3) is 4.00. The molecule has 0 radical (unpaired) electrons. The molecule has 8 heteroatoms. The van der Waals surface area contributed by atoms with Crippen molar-refractivity contribution >= 4 is 9.84 Å². The Kier molecular flexibility index (Phi) is 5.11. The fraction of sp³-hybridized carbons (Fsp3) is 0.833. The zero-order valence-electron chi connectivity index (χ0n) is 11.8. The summed E-state index contributed by atoms with van der Waals surface area (Å²) < 4.78 is 33.3. The lowest BCUT2D eigenvalue weighted by molar-refractivity contribution is 0.162. The number of hydrogen-bond acceptors (Lipinski definition) is 7. The molecule has 2 unspecified atom stereocenters. The molecule has 0 saturated carbocycles. The van der Waals surface area contributed by atoms with Crippen molar-refractivity contribution in [1.29, 1.82) is 0 Å². The third-order valence-corrected chi connectivity index (χ3v) is 5.13. The summed E-state index contributed by atoms with van der Waals surface area (Å²) in [5, 5.41) is 7.19. The van der Waals surface area contributed by atoms with Gasteiger partial charge < -0.3 is 14.6 Å². The maximum atomic E-state index is 11.5. The molecule has 1 saturated heterocycles. The molecule has 1 N–H and O–H groups in total. The van der Waals surface area contributed by atoms with E-state index >= 15 is 0 Å². The average molecular weight is 303 g/mol. The minimum Gasteiger partial charge on any atom is -0.383 e. The van der Waals surface area contributed by atoms with Crippen molar-refractivity contribution in [3.63, 3.8) is 0 Å². The van der Waals surface area contributed by atoms with Crippen LogP contribution in [0.5, 0.6) is 0 Å². The Morgan fingerprint density at radius 3 is 2.95 bits per heavy atom. The minimum absolute atomic E-state index is 0.116. The number of likely N-dealkylation sites (N-methyl/N-ethyl adjacent to an activating group) is 1. The molecule has 0 spiro atoms. The van der Waals surface area contributed by atoms with Crippen LogP contribution in [0.2, 0.25) is 0 Å². The third-order valence-electron chi connectivity index (χ3n) is 3.36. The molecule has 0 amide bonds. The van der Waals surface area contributed by atoms with Gasteiger partial charge in [-0.05, 0) is 13.0 Å². The van der Waals surface area contributed by atoms with Gasteiger partial charge in [-0.2, -0.15) is 4.98 Å². The van der Waals surface area contributed by atoms with Crippen LogP contribution in [-0.2, 0) is 21.0 Å². The number of ether oxygens (including phenoxy) is 1. The molecule has 0 aliphatic carbocycles. The Labute approximate surface area is 119 Å². The van der Waals surface area contributed by atoms with Crippen LogP contribution in [0.1, 0.15) is 31.0 Å². The predicted molar refractivity (Wildman–Crippen MR) is 73.4 cm³/mol. The fourth-order valence-corrected chi connectivity index (χ4v) is 4.15. The molecule has 1 aliphatic heterocycles. The Morgan fingerprint density at radius 2 is 2.35 bits per heavy atom. The first-order valence-corrected chi connectivity index (χ1v) is 8.61. The van der Waals surface area contributed by atoms with Crippen LogP contribution in [-0.4, -0.2) is 56.4 Å². The standard InChI is InChI=1S/C12H21N3O4S/c1-3-13-10(7-18-2)6-11-14-12(15-19-11)9-4-5-20(16,17)8-9/h9-10,13H,3-8H2,1-2H3. The Morgan fingerprint density at radius 1 is 1.55 bits per heavy atom. The number of sulfone groups is 1. The summed E-state index contributed by atoms with van der Waals surface area (Å²) in [7, 11) is -1.28. The summed E-state index contributed by atoms with van der Waals surface area (Å²) >= 11 is 0. The van der Waals surface area contributed by atoms with E-state index in [1.165, 1.54) is 0 Å². The molecule has 2 heterocycles. The summed E-state index contributed by atoms with van der Waals surface area (Å²) in [5.74, 6) is 1.24. The Balaban J connectivity index is 1.98. The van der Waals surface area contributed by atoms with Gasteiger partial charge in [0.25, 0.3) is 0 Å². The van der Waals surface area contributed by atoms with Gasteiger partial charge in [-0.1, -0.05) is 12.1 Å². The van der Waals surface area contributed by atoms with Gasteiger partial charge in [0, 0.05) is 25.5 Å². The summed E-state index contributed by atoms with van der Waals surface area (Å²) in [4.78, 5) is 4.32. The summed E-state index contributed by atoms with van der Waals surface area (Å²) in [6.45, 7) is 3.41. The highest BCUT2D eigenvalue weighted by Crippen LogP contribution is 2.26. The van der Waals surface area contributed by atoms with Crippen molar-refractivity contribution in [2.75, 3.05) is 31.8 Å². The maximum Gasteiger partial charge on any atom is 0.228 e. The van der Waals surface area contributed by atoms with E-state index < -0.39 is 9.84 Å². The number of nitrogens with zero attached hydrogens (tertiary/aromatic N) is 2. The number of rotatable bonds is 7. The summed E-state index contributed by atoms with van der Waals surface area (Å²) in [5.41, 5.74) is 0. The van der Waals surface area contributed by atoms with E-state index in [4.69, 9.17) is 9.26 Å². The van der Waals surface area contributed by atoms with E-state index in [9.17, 15) is 8.42 Å². The van der Waals surface area contributed by atoms with E-state index in [2.05, 4.69) is 15.5 Å². The Hall–Kier alpha value is -0.990. The first-order chi connectivity index (χ1) is 9.54. The monoisotopic (exact) mass is 303 g/mol. The molecule has 20 heavy (non-hydrogen) atoms. The molecule has 0 bridgehead atoms. The second-order valence-corrected chi connectivity index (χ2v) is 7.29. The number of hydrogen-bond donors (Lipinski definition) is 1. The van der Waals surface area contributed by atoms with Crippen LogP contribution in [0.25, 0.3) is 0 Å². The van der Waals surface area contributed by atoms with Crippen molar-refractivity contribution in [3.8, 4) is 0 Å². The quantitative estimate of drug-likeness (QED) is 0.765. The molecule has 2 atom stereocenters. The van der Waals surface area contributed by atoms with E-state index in [0.29, 0.717) is 31.2 Å². The molecule has 1 aliphatic rings. The molecule has 7 nitrogen and oxygen atoms in total. The second-order valence-electron chi connectivity index (χ2n) is 5.06. The largest absolute Gasteiger partial charge is 0.383 e. The summed E-state index contributed by atoms with van der Waals surface area (Å²) in [6.07, 6.45) is 1.16. The average Bonchev–Trinajstić information content (AvgIpc) is 2.96. The normalized spacial score (nSPS) is 23.0. The van der Waals surface area contributed by atoms with Gasteiger partial charge in [0.05, 0.1) is 18.1 Å². The number of nitrogens with one attached hydrogen (secondary N) is 1. The van der Waals surface area contributed by atoms with Crippen LogP contribution in [0.3, 0.4) is 0 Å². The minimum atomic E-state index is -2.93. The van der Waals surface area contributed by atoms with Gasteiger partial charge in [0.15, 0.2) is 15.7 Å². The predicted octanol–water partition coefficient (Wildman–Crippen LogP) is 0.139. The fourth-order valence-electron chi connectivity index (χ4n) is 2.41. The molecular formula is C12H21N3O4S. The van der Waals surface area contributed by atoms with Gasteiger partial charge in [-0.25, -0.2) is 8.42 Å². The van der Waals surface area contributed by atoms with Crippen LogP contribution in [0.4, 0.5) is 0 Å². The molecule has 1 aromatic rings. The Bertz CT molecular complexity index is 523. The zero-order chi connectivity index (χ0) is 14.6. The van der Waals surface area contributed by atoms with E-state index in [1.54, 1.807) is 7.11 Å². The van der Waals surface area contributed by atoms with Crippen molar-refractivity contribution < 1.29 is 17.7 Å². The second kappa shape index (κ2) is 6.64. The van der Waals surface area contributed by atoms with Crippen molar-refractivity contribution in [1.82, 2.24) is 15.5 Å². The van der Waals surface area contributed by atoms with E-state index in [1.807, 2.05) is 6.92 Å². The van der Waals surface area contributed by atoms with Gasteiger partial charge in [0.2, 0.25) is 5.89 Å².